The molecule has 0 atom stereocenters. The number of benzene rings is 2. The molecule has 29 heavy (non-hydrogen) atoms. The Kier molecular flexibility index (Phi) is 6.00. The molecular formula is C23H26N4O2. The van der Waals surface area contributed by atoms with Crippen molar-refractivity contribution in [3.05, 3.63) is 71.6 Å². The monoisotopic (exact) mass is 390 g/mol. The molecule has 1 aliphatic rings. The lowest BCUT2D eigenvalue weighted by molar-refractivity contribution is -0.133. The van der Waals surface area contributed by atoms with E-state index in [1.54, 1.807) is 0 Å². The van der Waals surface area contributed by atoms with Gasteiger partial charge in [-0.1, -0.05) is 65.3 Å². The maximum Gasteiger partial charge on any atom is 0.227 e. The second kappa shape index (κ2) is 9.01. The number of hydrogen-bond donors (Lipinski definition) is 0. The molecule has 1 amide bonds. The molecule has 6 heteroatoms. The van der Waals surface area contributed by atoms with Crippen molar-refractivity contribution in [1.82, 2.24) is 19.9 Å². The summed E-state index contributed by atoms with van der Waals surface area (Å²) < 4.78 is 5.31. The van der Waals surface area contributed by atoms with Crippen LogP contribution in [0.1, 0.15) is 23.4 Å². The highest BCUT2D eigenvalue weighted by atomic mass is 16.5. The highest BCUT2D eigenvalue weighted by Gasteiger charge is 2.21. The summed E-state index contributed by atoms with van der Waals surface area (Å²) in [6, 6.07) is 18.3. The van der Waals surface area contributed by atoms with Crippen LogP contribution in [-0.4, -0.2) is 52.0 Å². The van der Waals surface area contributed by atoms with E-state index in [9.17, 15) is 4.79 Å². The third kappa shape index (κ3) is 5.09. The van der Waals surface area contributed by atoms with Crippen LogP contribution in [0, 0.1) is 6.92 Å². The van der Waals surface area contributed by atoms with Crippen molar-refractivity contribution < 1.29 is 9.32 Å². The summed E-state index contributed by atoms with van der Waals surface area (Å²) in [6.07, 6.45) is 0.872. The minimum atomic E-state index is 0.152. The molecule has 6 nitrogen and oxygen atoms in total. The van der Waals surface area contributed by atoms with Crippen LogP contribution >= 0.6 is 0 Å². The van der Waals surface area contributed by atoms with Gasteiger partial charge in [-0.2, -0.15) is 4.98 Å². The lowest BCUT2D eigenvalue weighted by Crippen LogP contribution is -2.48. The number of aryl methyl sites for hydroxylation is 2. The highest BCUT2D eigenvalue weighted by Crippen LogP contribution is 2.16. The van der Waals surface area contributed by atoms with Gasteiger partial charge in [0.05, 0.1) is 0 Å². The van der Waals surface area contributed by atoms with Crippen LogP contribution in [0.4, 0.5) is 0 Å². The van der Waals surface area contributed by atoms with E-state index in [0.717, 1.165) is 38.3 Å². The summed E-state index contributed by atoms with van der Waals surface area (Å²) in [5, 5.41) is 4.02. The van der Waals surface area contributed by atoms with Crippen LogP contribution in [0.25, 0.3) is 11.4 Å². The SMILES string of the molecule is Cc1cccc(CN2CCN(C(=O)CCc3nc(-c4ccccc4)no3)CC2)c1. The molecular weight excluding hydrogens is 364 g/mol. The van der Waals surface area contributed by atoms with Crippen molar-refractivity contribution in [1.29, 1.82) is 0 Å². The quantitative estimate of drug-likeness (QED) is 0.646. The Labute approximate surface area is 171 Å². The fourth-order valence-electron chi connectivity index (χ4n) is 3.66. The standard InChI is InChI=1S/C23H26N4O2/c1-18-6-5-7-19(16-18)17-26-12-14-27(15-13-26)22(28)11-10-21-24-23(25-29-21)20-8-3-2-4-9-20/h2-9,16H,10-15,17H2,1H3. The first-order chi connectivity index (χ1) is 14.2. The van der Waals surface area contributed by atoms with Gasteiger partial charge in [0.25, 0.3) is 0 Å². The van der Waals surface area contributed by atoms with Crippen molar-refractivity contribution in [3.8, 4) is 11.4 Å². The van der Waals surface area contributed by atoms with Gasteiger partial charge in [-0.15, -0.1) is 0 Å². The Bertz CT molecular complexity index is 946. The van der Waals surface area contributed by atoms with Gasteiger partial charge in [0.15, 0.2) is 0 Å². The Morgan fingerprint density at radius 2 is 1.83 bits per heavy atom. The summed E-state index contributed by atoms with van der Waals surface area (Å²) in [4.78, 5) is 21.3. The molecule has 4 rings (SSSR count). The highest BCUT2D eigenvalue weighted by molar-refractivity contribution is 5.76. The van der Waals surface area contributed by atoms with Crippen LogP contribution in [0.3, 0.4) is 0 Å². The minimum absolute atomic E-state index is 0.152. The number of carbonyl (C=O) groups is 1. The zero-order valence-electron chi connectivity index (χ0n) is 16.8. The number of aromatic nitrogens is 2. The Morgan fingerprint density at radius 3 is 2.59 bits per heavy atom. The second-order valence-corrected chi connectivity index (χ2v) is 7.52. The molecule has 0 spiro atoms. The molecule has 150 valence electrons. The zero-order chi connectivity index (χ0) is 20.1. The minimum Gasteiger partial charge on any atom is -0.340 e. The van der Waals surface area contributed by atoms with Crippen molar-refractivity contribution in [2.75, 3.05) is 26.2 Å². The van der Waals surface area contributed by atoms with Crippen LogP contribution < -0.4 is 0 Å². The lowest BCUT2D eigenvalue weighted by Gasteiger charge is -2.34. The molecule has 2 heterocycles. The van der Waals surface area contributed by atoms with Crippen molar-refractivity contribution in [3.63, 3.8) is 0 Å². The predicted octanol–water partition coefficient (Wildman–Crippen LogP) is 3.32. The van der Waals surface area contributed by atoms with Gasteiger partial charge in [-0.25, -0.2) is 0 Å². The van der Waals surface area contributed by atoms with Gasteiger partial charge in [-0.3, -0.25) is 9.69 Å². The summed E-state index contributed by atoms with van der Waals surface area (Å²) >= 11 is 0. The Morgan fingerprint density at radius 1 is 1.03 bits per heavy atom. The predicted molar refractivity (Wildman–Crippen MR) is 111 cm³/mol. The number of piperazine rings is 1. The van der Waals surface area contributed by atoms with Crippen molar-refractivity contribution in [2.24, 2.45) is 0 Å². The van der Waals surface area contributed by atoms with Crippen LogP contribution in [0.2, 0.25) is 0 Å². The molecule has 0 unspecified atom stereocenters. The molecule has 3 aromatic rings. The third-order valence-electron chi connectivity index (χ3n) is 5.27. The molecule has 0 radical (unpaired) electrons. The molecule has 1 aromatic heterocycles. The first-order valence-corrected chi connectivity index (χ1v) is 10.1. The van der Waals surface area contributed by atoms with E-state index in [1.807, 2.05) is 35.2 Å². The number of carbonyl (C=O) groups excluding carboxylic acids is 1. The average Bonchev–Trinajstić information content (AvgIpc) is 3.22. The normalized spacial score (nSPS) is 14.9. The largest absolute Gasteiger partial charge is 0.340 e. The van der Waals surface area contributed by atoms with E-state index in [1.165, 1.54) is 11.1 Å². The second-order valence-electron chi connectivity index (χ2n) is 7.52. The van der Waals surface area contributed by atoms with E-state index < -0.39 is 0 Å². The van der Waals surface area contributed by atoms with Crippen LogP contribution in [0.15, 0.2) is 59.1 Å². The topological polar surface area (TPSA) is 62.5 Å². The molecule has 2 aromatic carbocycles. The summed E-state index contributed by atoms with van der Waals surface area (Å²) in [6.45, 7) is 6.39. The fraction of sp³-hybridized carbons (Fsp3) is 0.348. The van der Waals surface area contributed by atoms with Gasteiger partial charge < -0.3 is 9.42 Å². The third-order valence-corrected chi connectivity index (χ3v) is 5.27. The summed E-state index contributed by atoms with van der Waals surface area (Å²) in [5.74, 6) is 1.23. The Balaban J connectivity index is 1.24. The summed E-state index contributed by atoms with van der Waals surface area (Å²) in [5.41, 5.74) is 3.53. The van der Waals surface area contributed by atoms with Crippen LogP contribution in [0.5, 0.6) is 0 Å². The van der Waals surface area contributed by atoms with Gasteiger partial charge in [0.1, 0.15) is 0 Å². The first-order valence-electron chi connectivity index (χ1n) is 10.1. The fourth-order valence-corrected chi connectivity index (χ4v) is 3.66. The molecule has 0 N–H and O–H groups in total. The molecule has 0 bridgehead atoms. The summed E-state index contributed by atoms with van der Waals surface area (Å²) in [7, 11) is 0. The van der Waals surface area contributed by atoms with Crippen molar-refractivity contribution in [2.45, 2.75) is 26.3 Å². The zero-order valence-corrected chi connectivity index (χ0v) is 16.8. The van der Waals surface area contributed by atoms with E-state index in [-0.39, 0.29) is 5.91 Å². The smallest absolute Gasteiger partial charge is 0.227 e. The molecule has 0 saturated carbocycles. The first kappa shape index (κ1) is 19.3. The number of amides is 1. The van der Waals surface area contributed by atoms with E-state index in [0.29, 0.717) is 24.6 Å². The lowest BCUT2D eigenvalue weighted by atomic mass is 10.1. The van der Waals surface area contributed by atoms with Crippen LogP contribution in [-0.2, 0) is 17.8 Å². The van der Waals surface area contributed by atoms with E-state index in [4.69, 9.17) is 4.52 Å². The maximum atomic E-state index is 12.6. The number of rotatable bonds is 6. The molecule has 1 saturated heterocycles. The number of nitrogens with zero attached hydrogens (tertiary/aromatic N) is 4. The molecule has 1 aliphatic heterocycles. The van der Waals surface area contributed by atoms with Gasteiger partial charge >= 0.3 is 0 Å². The molecule has 0 aliphatic carbocycles. The average molecular weight is 390 g/mol. The molecule has 1 fully saturated rings. The van der Waals surface area contributed by atoms with E-state index in [2.05, 4.69) is 46.2 Å². The van der Waals surface area contributed by atoms with E-state index >= 15 is 0 Å². The van der Waals surface area contributed by atoms with Crippen molar-refractivity contribution >= 4 is 5.91 Å². The van der Waals surface area contributed by atoms with Gasteiger partial charge in [0.2, 0.25) is 17.6 Å². The maximum absolute atomic E-state index is 12.6. The Hall–Kier alpha value is -2.99. The van der Waals surface area contributed by atoms with Gasteiger partial charge in [0, 0.05) is 51.1 Å². The van der Waals surface area contributed by atoms with Gasteiger partial charge in [-0.05, 0) is 12.5 Å². The number of hydrogen-bond acceptors (Lipinski definition) is 5.